The zero-order chi connectivity index (χ0) is 24.6. The molecular weight excluding hydrogens is 448 g/mol. The summed E-state index contributed by atoms with van der Waals surface area (Å²) in [5.74, 6) is 3.04. The minimum absolute atomic E-state index is 0.361. The van der Waals surface area contributed by atoms with E-state index in [0.717, 1.165) is 82.6 Å². The molecule has 0 aromatic carbocycles. The van der Waals surface area contributed by atoms with E-state index < -0.39 is 0 Å². The van der Waals surface area contributed by atoms with Gasteiger partial charge in [-0.3, -0.25) is 9.69 Å². The van der Waals surface area contributed by atoms with Crippen LogP contribution in [0.3, 0.4) is 0 Å². The first kappa shape index (κ1) is 25.7. The van der Waals surface area contributed by atoms with Gasteiger partial charge in [-0.05, 0) is 63.5 Å². The average molecular weight is 497 g/mol. The maximum atomic E-state index is 13.0. The topological polar surface area (TPSA) is 64.6 Å². The number of likely N-dealkylation sites (tertiary alicyclic amines) is 2. The van der Waals surface area contributed by atoms with Gasteiger partial charge in [0.05, 0.1) is 0 Å². The molecule has 1 N–H and O–H groups in total. The molecule has 1 amide bonds. The molecule has 5 rings (SSSR count). The number of hydrogen-bond donors (Lipinski definition) is 1. The Labute approximate surface area is 218 Å². The molecule has 2 atom stereocenters. The van der Waals surface area contributed by atoms with Crippen LogP contribution in [-0.4, -0.2) is 77.0 Å². The van der Waals surface area contributed by atoms with Gasteiger partial charge in [0.25, 0.3) is 0 Å². The van der Waals surface area contributed by atoms with Crippen LogP contribution in [-0.2, 0) is 4.79 Å². The van der Waals surface area contributed by atoms with Gasteiger partial charge in [-0.25, -0.2) is 4.98 Å². The monoisotopic (exact) mass is 496 g/mol. The van der Waals surface area contributed by atoms with E-state index in [0.29, 0.717) is 18.0 Å². The zero-order valence-corrected chi connectivity index (χ0v) is 22.4. The second-order valence-electron chi connectivity index (χ2n) is 11.8. The van der Waals surface area contributed by atoms with Crippen LogP contribution in [0.25, 0.3) is 0 Å². The van der Waals surface area contributed by atoms with Crippen LogP contribution < -0.4 is 10.2 Å². The van der Waals surface area contributed by atoms with Crippen LogP contribution in [0.1, 0.15) is 96.3 Å². The van der Waals surface area contributed by atoms with Crippen molar-refractivity contribution >= 4 is 17.7 Å². The van der Waals surface area contributed by atoms with Gasteiger partial charge < -0.3 is 15.1 Å². The summed E-state index contributed by atoms with van der Waals surface area (Å²) in [4.78, 5) is 29.8. The molecule has 3 aliphatic heterocycles. The predicted octanol–water partition coefficient (Wildman–Crippen LogP) is 5.08. The van der Waals surface area contributed by atoms with Gasteiger partial charge in [0.15, 0.2) is 0 Å². The van der Waals surface area contributed by atoms with Crippen molar-refractivity contribution in [3.8, 4) is 0 Å². The summed E-state index contributed by atoms with van der Waals surface area (Å²) >= 11 is 0. The van der Waals surface area contributed by atoms with Gasteiger partial charge in [-0.1, -0.05) is 44.9 Å². The fourth-order valence-corrected chi connectivity index (χ4v) is 6.96. The predicted molar refractivity (Wildman–Crippen MR) is 146 cm³/mol. The Hall–Kier alpha value is -1.89. The summed E-state index contributed by atoms with van der Waals surface area (Å²) in [6, 6.07) is 2.91. The number of anilines is 2. The first-order valence-corrected chi connectivity index (χ1v) is 15.1. The van der Waals surface area contributed by atoms with E-state index in [1.807, 2.05) is 6.20 Å². The van der Waals surface area contributed by atoms with E-state index in [1.165, 1.54) is 70.6 Å². The number of amides is 1. The summed E-state index contributed by atoms with van der Waals surface area (Å²) in [5, 5.41) is 3.70. The molecule has 7 nitrogen and oxygen atoms in total. The Bertz CT molecular complexity index is 820. The largest absolute Gasteiger partial charge is 0.356 e. The van der Waals surface area contributed by atoms with Crippen LogP contribution in [0.5, 0.6) is 0 Å². The lowest BCUT2D eigenvalue weighted by molar-refractivity contribution is -0.133. The number of carbonyl (C=O) groups excluding carboxylic acids is 1. The highest BCUT2D eigenvalue weighted by molar-refractivity contribution is 5.76. The lowest BCUT2D eigenvalue weighted by atomic mass is 9.99. The molecule has 4 heterocycles. The van der Waals surface area contributed by atoms with Crippen LogP contribution in [0, 0.1) is 5.92 Å². The number of nitrogens with zero attached hydrogens (tertiary/aromatic N) is 5. The lowest BCUT2D eigenvalue weighted by Crippen LogP contribution is -2.51. The van der Waals surface area contributed by atoms with E-state index in [2.05, 4.69) is 31.1 Å². The van der Waals surface area contributed by atoms with Crippen molar-refractivity contribution in [1.29, 1.82) is 0 Å². The Kier molecular flexibility index (Phi) is 9.35. The Morgan fingerprint density at radius 3 is 2.47 bits per heavy atom. The smallest absolute Gasteiger partial charge is 0.224 e. The van der Waals surface area contributed by atoms with Crippen LogP contribution in [0.2, 0.25) is 0 Å². The number of rotatable bonds is 7. The van der Waals surface area contributed by atoms with Gasteiger partial charge in [0.1, 0.15) is 5.82 Å². The summed E-state index contributed by atoms with van der Waals surface area (Å²) < 4.78 is 0. The molecular formula is C29H48N6O. The molecule has 200 valence electrons. The molecule has 36 heavy (non-hydrogen) atoms. The van der Waals surface area contributed by atoms with Crippen LogP contribution >= 0.6 is 0 Å². The van der Waals surface area contributed by atoms with E-state index in [-0.39, 0.29) is 0 Å². The summed E-state index contributed by atoms with van der Waals surface area (Å²) in [6.07, 6.45) is 20.3. The Morgan fingerprint density at radius 1 is 0.861 bits per heavy atom. The van der Waals surface area contributed by atoms with Gasteiger partial charge in [0.2, 0.25) is 11.9 Å². The highest BCUT2D eigenvalue weighted by Crippen LogP contribution is 2.29. The third kappa shape index (κ3) is 7.11. The standard InChI is InChI=1S/C29H48N6O/c36-28(15-14-24-10-3-4-11-24)35-21-9-13-26(23-35)34-20-8-5-12-25(22-34)31-29-30-17-16-27(32-29)33-18-6-1-2-7-19-33/h16-17,24-26H,1-15,18-23H2,(H,30,31,32). The molecule has 0 radical (unpaired) electrons. The maximum absolute atomic E-state index is 13.0. The van der Waals surface area contributed by atoms with E-state index in [1.54, 1.807) is 0 Å². The van der Waals surface area contributed by atoms with Crippen LogP contribution in [0.4, 0.5) is 11.8 Å². The number of nitrogens with one attached hydrogen (secondary N) is 1. The quantitative estimate of drug-likeness (QED) is 0.568. The zero-order valence-electron chi connectivity index (χ0n) is 22.4. The van der Waals surface area contributed by atoms with Gasteiger partial charge in [-0.2, -0.15) is 4.98 Å². The summed E-state index contributed by atoms with van der Waals surface area (Å²) in [6.45, 7) is 6.23. The second kappa shape index (κ2) is 13.1. The number of aromatic nitrogens is 2. The molecule has 0 spiro atoms. The third-order valence-corrected chi connectivity index (χ3v) is 9.11. The second-order valence-corrected chi connectivity index (χ2v) is 11.8. The van der Waals surface area contributed by atoms with Crippen molar-refractivity contribution in [3.05, 3.63) is 12.3 Å². The first-order valence-electron chi connectivity index (χ1n) is 15.1. The molecule has 1 aromatic heterocycles. The molecule has 1 saturated carbocycles. The van der Waals surface area contributed by atoms with Crippen molar-refractivity contribution in [2.75, 3.05) is 49.5 Å². The highest BCUT2D eigenvalue weighted by Gasteiger charge is 2.31. The highest BCUT2D eigenvalue weighted by atomic mass is 16.2. The maximum Gasteiger partial charge on any atom is 0.224 e. The summed E-state index contributed by atoms with van der Waals surface area (Å²) in [7, 11) is 0. The molecule has 2 unspecified atom stereocenters. The molecule has 1 aliphatic carbocycles. The van der Waals surface area contributed by atoms with Gasteiger partial charge >= 0.3 is 0 Å². The van der Waals surface area contributed by atoms with Crippen molar-refractivity contribution < 1.29 is 4.79 Å². The Balaban J connectivity index is 1.15. The molecule has 4 fully saturated rings. The number of piperidine rings is 1. The molecule has 7 heteroatoms. The van der Waals surface area contributed by atoms with E-state index in [4.69, 9.17) is 4.98 Å². The summed E-state index contributed by atoms with van der Waals surface area (Å²) in [5.41, 5.74) is 0. The normalized spacial score (nSPS) is 27.0. The third-order valence-electron chi connectivity index (χ3n) is 9.11. The van der Waals surface area contributed by atoms with E-state index >= 15 is 0 Å². The van der Waals surface area contributed by atoms with E-state index in [9.17, 15) is 4.79 Å². The first-order chi connectivity index (χ1) is 17.7. The van der Waals surface area contributed by atoms with Gasteiger partial charge in [0, 0.05) is 57.4 Å². The molecule has 0 bridgehead atoms. The van der Waals surface area contributed by atoms with Crippen molar-refractivity contribution in [2.24, 2.45) is 5.92 Å². The van der Waals surface area contributed by atoms with Crippen LogP contribution in [0.15, 0.2) is 12.3 Å². The lowest BCUT2D eigenvalue weighted by Gasteiger charge is -2.40. The fourth-order valence-electron chi connectivity index (χ4n) is 6.96. The van der Waals surface area contributed by atoms with Crippen molar-refractivity contribution in [3.63, 3.8) is 0 Å². The van der Waals surface area contributed by atoms with Gasteiger partial charge in [-0.15, -0.1) is 0 Å². The molecule has 1 aromatic rings. The minimum atomic E-state index is 0.361. The Morgan fingerprint density at radius 2 is 1.64 bits per heavy atom. The fraction of sp³-hybridized carbons (Fsp3) is 0.828. The minimum Gasteiger partial charge on any atom is -0.356 e. The SMILES string of the molecule is O=C(CCC1CCCC1)N1CCCC(N2CCCCC(Nc3nccc(N4CCCCCC4)n3)C2)C1. The van der Waals surface area contributed by atoms with Crippen molar-refractivity contribution in [2.45, 2.75) is 108 Å². The number of carbonyl (C=O) groups is 1. The average Bonchev–Trinajstić information content (AvgIpc) is 3.13. The molecule has 4 aliphatic rings. The molecule has 3 saturated heterocycles. The number of hydrogen-bond acceptors (Lipinski definition) is 6. The van der Waals surface area contributed by atoms with Crippen molar-refractivity contribution in [1.82, 2.24) is 19.8 Å².